The number of fused-ring (bicyclic) bond motifs is 2. The second-order valence-electron chi connectivity index (χ2n) is 6.75. The normalized spacial score (nSPS) is 13.7. The number of hydrogen-bond acceptors (Lipinski definition) is 3. The highest BCUT2D eigenvalue weighted by Gasteiger charge is 2.19. The van der Waals surface area contributed by atoms with E-state index in [1.807, 2.05) is 49.4 Å². The lowest BCUT2D eigenvalue weighted by molar-refractivity contribution is -0.119. The minimum atomic E-state index is -0.0389. The minimum absolute atomic E-state index is 0.0322. The van der Waals surface area contributed by atoms with Gasteiger partial charge < -0.3 is 14.8 Å². The van der Waals surface area contributed by atoms with Crippen molar-refractivity contribution in [1.29, 1.82) is 0 Å². The SMILES string of the molecule is CC(=O)NC(C)c1ccc2cc(Oc3ccc4c(c3Cl)CCO4)ccc2c1. The van der Waals surface area contributed by atoms with Crippen molar-refractivity contribution in [2.45, 2.75) is 26.3 Å². The van der Waals surface area contributed by atoms with Crippen LogP contribution < -0.4 is 14.8 Å². The molecule has 1 atom stereocenters. The molecular weight excluding hydrogens is 362 g/mol. The molecule has 1 N–H and O–H groups in total. The molecule has 5 heteroatoms. The first kappa shape index (κ1) is 17.7. The van der Waals surface area contributed by atoms with E-state index in [0.29, 0.717) is 17.4 Å². The predicted octanol–water partition coefficient (Wildman–Crippen LogP) is 5.42. The lowest BCUT2D eigenvalue weighted by Gasteiger charge is -2.14. The third kappa shape index (κ3) is 3.58. The van der Waals surface area contributed by atoms with E-state index < -0.39 is 0 Å². The number of carbonyl (C=O) groups excluding carboxylic acids is 1. The summed E-state index contributed by atoms with van der Waals surface area (Å²) in [5.74, 6) is 2.16. The van der Waals surface area contributed by atoms with Crippen LogP contribution in [0.1, 0.15) is 31.0 Å². The van der Waals surface area contributed by atoms with Gasteiger partial charge in [-0.15, -0.1) is 0 Å². The molecule has 0 aliphatic carbocycles. The van der Waals surface area contributed by atoms with E-state index in [-0.39, 0.29) is 11.9 Å². The molecule has 0 radical (unpaired) electrons. The van der Waals surface area contributed by atoms with Gasteiger partial charge in [-0.2, -0.15) is 0 Å². The highest BCUT2D eigenvalue weighted by atomic mass is 35.5. The Morgan fingerprint density at radius 1 is 1.15 bits per heavy atom. The first-order valence-corrected chi connectivity index (χ1v) is 9.32. The molecule has 138 valence electrons. The molecule has 1 heterocycles. The summed E-state index contributed by atoms with van der Waals surface area (Å²) in [5, 5.41) is 5.67. The Bertz CT molecular complexity index is 1030. The minimum Gasteiger partial charge on any atom is -0.493 e. The summed E-state index contributed by atoms with van der Waals surface area (Å²) < 4.78 is 11.6. The summed E-state index contributed by atoms with van der Waals surface area (Å²) in [7, 11) is 0. The van der Waals surface area contributed by atoms with Gasteiger partial charge in [0.1, 0.15) is 17.2 Å². The van der Waals surface area contributed by atoms with Crippen molar-refractivity contribution in [3.63, 3.8) is 0 Å². The maximum atomic E-state index is 11.3. The van der Waals surface area contributed by atoms with Gasteiger partial charge in [0.05, 0.1) is 17.7 Å². The van der Waals surface area contributed by atoms with Crippen LogP contribution in [-0.4, -0.2) is 12.5 Å². The topological polar surface area (TPSA) is 47.6 Å². The average Bonchev–Trinajstić information content (AvgIpc) is 3.12. The van der Waals surface area contributed by atoms with Crippen LogP contribution in [0.15, 0.2) is 48.5 Å². The molecule has 3 aromatic rings. The zero-order valence-corrected chi connectivity index (χ0v) is 16.0. The predicted molar refractivity (Wildman–Crippen MR) is 107 cm³/mol. The molecule has 0 saturated carbocycles. The maximum absolute atomic E-state index is 11.3. The van der Waals surface area contributed by atoms with Crippen LogP contribution in [0.2, 0.25) is 5.02 Å². The van der Waals surface area contributed by atoms with Crippen molar-refractivity contribution in [3.8, 4) is 17.2 Å². The van der Waals surface area contributed by atoms with Gasteiger partial charge in [-0.05, 0) is 53.6 Å². The van der Waals surface area contributed by atoms with Crippen LogP contribution in [0.5, 0.6) is 17.2 Å². The summed E-state index contributed by atoms with van der Waals surface area (Å²) in [4.78, 5) is 11.3. The average molecular weight is 382 g/mol. The molecule has 4 nitrogen and oxygen atoms in total. The zero-order valence-electron chi connectivity index (χ0n) is 15.2. The highest BCUT2D eigenvalue weighted by molar-refractivity contribution is 6.33. The lowest BCUT2D eigenvalue weighted by Crippen LogP contribution is -2.23. The van der Waals surface area contributed by atoms with Gasteiger partial charge in [0.25, 0.3) is 0 Å². The Balaban J connectivity index is 1.60. The third-order valence-electron chi connectivity index (χ3n) is 4.76. The van der Waals surface area contributed by atoms with Gasteiger partial charge in [-0.3, -0.25) is 4.79 Å². The van der Waals surface area contributed by atoms with E-state index in [2.05, 4.69) is 11.4 Å². The van der Waals surface area contributed by atoms with Gasteiger partial charge in [-0.25, -0.2) is 0 Å². The number of amides is 1. The Labute approximate surface area is 163 Å². The monoisotopic (exact) mass is 381 g/mol. The lowest BCUT2D eigenvalue weighted by atomic mass is 10.0. The number of nitrogens with one attached hydrogen (secondary N) is 1. The van der Waals surface area contributed by atoms with Crippen molar-refractivity contribution < 1.29 is 14.3 Å². The summed E-state index contributed by atoms with van der Waals surface area (Å²) in [6, 6.07) is 15.8. The summed E-state index contributed by atoms with van der Waals surface area (Å²) in [6.07, 6.45) is 0.804. The van der Waals surface area contributed by atoms with Crippen molar-refractivity contribution in [2.75, 3.05) is 6.61 Å². The van der Waals surface area contributed by atoms with E-state index in [0.717, 1.165) is 39.8 Å². The fraction of sp³-hybridized carbons (Fsp3) is 0.227. The number of hydrogen-bond donors (Lipinski definition) is 1. The molecule has 0 fully saturated rings. The van der Waals surface area contributed by atoms with E-state index in [9.17, 15) is 4.79 Å². The molecule has 0 bridgehead atoms. The molecule has 4 rings (SSSR count). The smallest absolute Gasteiger partial charge is 0.217 e. The number of ether oxygens (including phenoxy) is 2. The highest BCUT2D eigenvalue weighted by Crippen LogP contribution is 2.40. The van der Waals surface area contributed by atoms with Crippen molar-refractivity contribution in [1.82, 2.24) is 5.32 Å². The molecular formula is C22H20ClNO3. The molecule has 1 aliphatic heterocycles. The van der Waals surface area contributed by atoms with Crippen LogP contribution in [0, 0.1) is 0 Å². The number of halogens is 1. The third-order valence-corrected chi connectivity index (χ3v) is 5.17. The number of benzene rings is 3. The Morgan fingerprint density at radius 2 is 1.93 bits per heavy atom. The number of carbonyl (C=O) groups is 1. The van der Waals surface area contributed by atoms with Gasteiger partial charge in [0.15, 0.2) is 0 Å². The zero-order chi connectivity index (χ0) is 19.0. The summed E-state index contributed by atoms with van der Waals surface area (Å²) in [6.45, 7) is 4.16. The first-order valence-electron chi connectivity index (χ1n) is 8.94. The van der Waals surface area contributed by atoms with Crippen LogP contribution in [0.25, 0.3) is 10.8 Å². The molecule has 1 unspecified atom stereocenters. The van der Waals surface area contributed by atoms with E-state index in [1.165, 1.54) is 6.92 Å². The molecule has 27 heavy (non-hydrogen) atoms. The largest absolute Gasteiger partial charge is 0.493 e. The first-order chi connectivity index (χ1) is 13.0. The second-order valence-corrected chi connectivity index (χ2v) is 7.12. The van der Waals surface area contributed by atoms with Crippen LogP contribution in [-0.2, 0) is 11.2 Å². The molecule has 0 saturated heterocycles. The standard InChI is InChI=1S/C22H20ClNO3/c1-13(24-14(2)25)15-3-4-17-12-18(6-5-16(17)11-15)27-21-8-7-20-19(22(21)23)9-10-26-20/h3-8,11-13H,9-10H2,1-2H3,(H,24,25). The van der Waals surface area contributed by atoms with Crippen molar-refractivity contribution >= 4 is 28.3 Å². The van der Waals surface area contributed by atoms with Crippen LogP contribution in [0.3, 0.4) is 0 Å². The van der Waals surface area contributed by atoms with Crippen molar-refractivity contribution in [2.24, 2.45) is 0 Å². The van der Waals surface area contributed by atoms with Gasteiger partial charge in [0, 0.05) is 18.9 Å². The fourth-order valence-corrected chi connectivity index (χ4v) is 3.67. The fourth-order valence-electron chi connectivity index (χ4n) is 3.38. The van der Waals surface area contributed by atoms with Gasteiger partial charge >= 0.3 is 0 Å². The Hall–Kier alpha value is -2.72. The Morgan fingerprint density at radius 3 is 2.74 bits per heavy atom. The van der Waals surface area contributed by atoms with Crippen LogP contribution in [0.4, 0.5) is 0 Å². The second kappa shape index (κ2) is 7.12. The Kier molecular flexibility index (Phi) is 4.66. The molecule has 1 aliphatic rings. The molecule has 0 aromatic heterocycles. The van der Waals surface area contributed by atoms with E-state index >= 15 is 0 Å². The van der Waals surface area contributed by atoms with E-state index in [4.69, 9.17) is 21.1 Å². The number of rotatable bonds is 4. The van der Waals surface area contributed by atoms with E-state index in [1.54, 1.807) is 0 Å². The molecule has 0 spiro atoms. The quantitative estimate of drug-likeness (QED) is 0.656. The van der Waals surface area contributed by atoms with Crippen LogP contribution >= 0.6 is 11.6 Å². The summed E-state index contributed by atoms with van der Waals surface area (Å²) >= 11 is 6.48. The van der Waals surface area contributed by atoms with Gasteiger partial charge in [-0.1, -0.05) is 29.8 Å². The van der Waals surface area contributed by atoms with Gasteiger partial charge in [0.2, 0.25) is 5.91 Å². The molecule has 1 amide bonds. The molecule has 3 aromatic carbocycles. The summed E-state index contributed by atoms with van der Waals surface area (Å²) in [5.41, 5.74) is 2.07. The maximum Gasteiger partial charge on any atom is 0.217 e. The van der Waals surface area contributed by atoms with Crippen molar-refractivity contribution in [3.05, 3.63) is 64.7 Å².